The maximum atomic E-state index is 6.06. The minimum absolute atomic E-state index is 0.845. The minimum Gasteiger partial charge on any atom is -0.397 e. The van der Waals surface area contributed by atoms with Gasteiger partial charge in [0.05, 0.1) is 11.4 Å². The molecule has 1 aromatic carbocycles. The molecule has 1 aliphatic rings. The standard InChI is InChI=1S/C15H19N5S/c1-21-15-10-14(17-11-18-15)20-8-6-19(7-9-20)13-5-3-2-4-12(13)16/h2-5,10-11H,6-9,16H2,1H3. The molecular weight excluding hydrogens is 282 g/mol. The zero-order valence-electron chi connectivity index (χ0n) is 12.1. The van der Waals surface area contributed by atoms with Gasteiger partial charge >= 0.3 is 0 Å². The molecule has 0 aliphatic carbocycles. The fraction of sp³-hybridized carbons (Fsp3) is 0.333. The van der Waals surface area contributed by atoms with E-state index >= 15 is 0 Å². The average Bonchev–Trinajstić information content (AvgIpc) is 2.56. The number of anilines is 3. The maximum absolute atomic E-state index is 6.06. The molecule has 5 nitrogen and oxygen atoms in total. The van der Waals surface area contributed by atoms with E-state index in [-0.39, 0.29) is 0 Å². The van der Waals surface area contributed by atoms with Crippen LogP contribution < -0.4 is 15.5 Å². The van der Waals surface area contributed by atoms with Gasteiger partial charge < -0.3 is 15.5 Å². The summed E-state index contributed by atoms with van der Waals surface area (Å²) in [7, 11) is 0. The summed E-state index contributed by atoms with van der Waals surface area (Å²) in [6.45, 7) is 3.79. The van der Waals surface area contributed by atoms with Crippen molar-refractivity contribution in [1.82, 2.24) is 9.97 Å². The molecule has 21 heavy (non-hydrogen) atoms. The van der Waals surface area contributed by atoms with E-state index in [4.69, 9.17) is 5.73 Å². The van der Waals surface area contributed by atoms with E-state index in [0.29, 0.717) is 0 Å². The SMILES string of the molecule is CSc1cc(N2CCN(c3ccccc3N)CC2)ncn1. The van der Waals surface area contributed by atoms with Crippen molar-refractivity contribution in [1.29, 1.82) is 0 Å². The Morgan fingerprint density at radius 1 is 1.05 bits per heavy atom. The first kappa shape index (κ1) is 14.0. The minimum atomic E-state index is 0.845. The van der Waals surface area contributed by atoms with E-state index in [0.717, 1.165) is 48.4 Å². The van der Waals surface area contributed by atoms with Crippen LogP contribution in [0, 0.1) is 0 Å². The lowest BCUT2D eigenvalue weighted by Gasteiger charge is -2.37. The van der Waals surface area contributed by atoms with Gasteiger partial charge in [-0.25, -0.2) is 9.97 Å². The Kier molecular flexibility index (Phi) is 4.15. The zero-order valence-corrected chi connectivity index (χ0v) is 12.9. The molecule has 0 unspecified atom stereocenters. The van der Waals surface area contributed by atoms with Crippen LogP contribution >= 0.6 is 11.8 Å². The molecule has 1 fully saturated rings. The fourth-order valence-electron chi connectivity index (χ4n) is 2.57. The highest BCUT2D eigenvalue weighted by Gasteiger charge is 2.19. The summed E-state index contributed by atoms with van der Waals surface area (Å²) < 4.78 is 0. The van der Waals surface area contributed by atoms with Gasteiger partial charge in [0, 0.05) is 32.2 Å². The highest BCUT2D eigenvalue weighted by molar-refractivity contribution is 7.98. The van der Waals surface area contributed by atoms with Crippen LogP contribution in [-0.2, 0) is 0 Å². The molecule has 2 heterocycles. The van der Waals surface area contributed by atoms with E-state index in [9.17, 15) is 0 Å². The van der Waals surface area contributed by atoms with E-state index in [1.807, 2.05) is 24.5 Å². The fourth-order valence-corrected chi connectivity index (χ4v) is 2.94. The molecule has 0 radical (unpaired) electrons. The molecule has 0 atom stereocenters. The largest absolute Gasteiger partial charge is 0.397 e. The van der Waals surface area contributed by atoms with Crippen LogP contribution in [0.15, 0.2) is 41.7 Å². The Bertz CT molecular complexity index is 611. The number of nitrogen functional groups attached to an aromatic ring is 1. The van der Waals surface area contributed by atoms with Crippen LogP contribution in [-0.4, -0.2) is 42.4 Å². The Balaban J connectivity index is 1.69. The van der Waals surface area contributed by atoms with Crippen LogP contribution in [0.2, 0.25) is 0 Å². The van der Waals surface area contributed by atoms with Gasteiger partial charge in [-0.15, -0.1) is 11.8 Å². The van der Waals surface area contributed by atoms with Gasteiger partial charge in [0.2, 0.25) is 0 Å². The molecule has 0 saturated carbocycles. The summed E-state index contributed by atoms with van der Waals surface area (Å²) in [5.74, 6) is 1.01. The summed E-state index contributed by atoms with van der Waals surface area (Å²) in [6.07, 6.45) is 3.67. The van der Waals surface area contributed by atoms with Crippen molar-refractivity contribution in [2.45, 2.75) is 5.03 Å². The summed E-state index contributed by atoms with van der Waals surface area (Å²) in [6, 6.07) is 10.1. The van der Waals surface area contributed by atoms with E-state index in [1.165, 1.54) is 0 Å². The van der Waals surface area contributed by atoms with E-state index in [2.05, 4.69) is 31.9 Å². The second-order valence-corrected chi connectivity index (χ2v) is 5.78. The zero-order chi connectivity index (χ0) is 14.7. The van der Waals surface area contributed by atoms with Crippen molar-refractivity contribution >= 4 is 29.0 Å². The first-order valence-corrected chi connectivity index (χ1v) is 8.21. The van der Waals surface area contributed by atoms with Gasteiger partial charge in [-0.2, -0.15) is 0 Å². The number of aromatic nitrogens is 2. The normalized spacial score (nSPS) is 15.3. The van der Waals surface area contributed by atoms with Gasteiger partial charge in [0.15, 0.2) is 0 Å². The van der Waals surface area contributed by atoms with Crippen molar-refractivity contribution in [2.24, 2.45) is 0 Å². The van der Waals surface area contributed by atoms with Gasteiger partial charge in [-0.05, 0) is 18.4 Å². The molecule has 0 amide bonds. The summed E-state index contributed by atoms with van der Waals surface area (Å²) in [5.41, 5.74) is 8.03. The molecule has 2 N–H and O–H groups in total. The molecular formula is C15H19N5S. The second kappa shape index (κ2) is 6.22. The molecule has 1 saturated heterocycles. The van der Waals surface area contributed by atoms with Gasteiger partial charge in [0.1, 0.15) is 17.2 Å². The number of thioether (sulfide) groups is 1. The van der Waals surface area contributed by atoms with Crippen molar-refractivity contribution in [3.8, 4) is 0 Å². The highest BCUT2D eigenvalue weighted by atomic mass is 32.2. The van der Waals surface area contributed by atoms with Crippen molar-refractivity contribution < 1.29 is 0 Å². The lowest BCUT2D eigenvalue weighted by Crippen LogP contribution is -2.47. The third-order valence-corrected chi connectivity index (χ3v) is 4.36. The average molecular weight is 301 g/mol. The maximum Gasteiger partial charge on any atom is 0.133 e. The summed E-state index contributed by atoms with van der Waals surface area (Å²) in [4.78, 5) is 13.2. The number of hydrogen-bond donors (Lipinski definition) is 1. The molecule has 6 heteroatoms. The van der Waals surface area contributed by atoms with Crippen molar-refractivity contribution in [3.05, 3.63) is 36.7 Å². The number of para-hydroxylation sites is 2. The Morgan fingerprint density at radius 3 is 2.48 bits per heavy atom. The van der Waals surface area contributed by atoms with Gasteiger partial charge in [-0.1, -0.05) is 12.1 Å². The number of benzene rings is 1. The van der Waals surface area contributed by atoms with E-state index < -0.39 is 0 Å². The molecule has 3 rings (SSSR count). The number of hydrogen-bond acceptors (Lipinski definition) is 6. The smallest absolute Gasteiger partial charge is 0.133 e. The van der Waals surface area contributed by atoms with Crippen molar-refractivity contribution in [3.63, 3.8) is 0 Å². The molecule has 1 aromatic heterocycles. The monoisotopic (exact) mass is 301 g/mol. The lowest BCUT2D eigenvalue weighted by atomic mass is 10.2. The van der Waals surface area contributed by atoms with Gasteiger partial charge in [-0.3, -0.25) is 0 Å². The third-order valence-electron chi connectivity index (χ3n) is 3.72. The number of nitrogens with two attached hydrogens (primary N) is 1. The second-order valence-electron chi connectivity index (χ2n) is 4.95. The topological polar surface area (TPSA) is 58.3 Å². The predicted octanol–water partition coefficient (Wildman–Crippen LogP) is 2.11. The molecule has 0 spiro atoms. The lowest BCUT2D eigenvalue weighted by molar-refractivity contribution is 0.646. The van der Waals surface area contributed by atoms with Crippen molar-refractivity contribution in [2.75, 3.05) is 48.0 Å². The van der Waals surface area contributed by atoms with Crippen LogP contribution in [0.5, 0.6) is 0 Å². The Hall–Kier alpha value is -1.95. The first-order chi connectivity index (χ1) is 10.3. The number of rotatable bonds is 3. The molecule has 110 valence electrons. The van der Waals surface area contributed by atoms with E-state index in [1.54, 1.807) is 18.1 Å². The third kappa shape index (κ3) is 3.05. The Labute approximate surface area is 129 Å². The predicted molar refractivity (Wildman–Crippen MR) is 89.1 cm³/mol. The van der Waals surface area contributed by atoms with Crippen LogP contribution in [0.4, 0.5) is 17.2 Å². The molecule has 0 bridgehead atoms. The summed E-state index contributed by atoms with van der Waals surface area (Å²) >= 11 is 1.64. The summed E-state index contributed by atoms with van der Waals surface area (Å²) in [5, 5.41) is 1.01. The molecule has 1 aliphatic heterocycles. The van der Waals surface area contributed by atoms with Crippen LogP contribution in [0.3, 0.4) is 0 Å². The van der Waals surface area contributed by atoms with Crippen LogP contribution in [0.25, 0.3) is 0 Å². The number of nitrogens with zero attached hydrogens (tertiary/aromatic N) is 4. The van der Waals surface area contributed by atoms with Crippen LogP contribution in [0.1, 0.15) is 0 Å². The molecule has 2 aromatic rings. The van der Waals surface area contributed by atoms with Gasteiger partial charge in [0.25, 0.3) is 0 Å². The first-order valence-electron chi connectivity index (χ1n) is 6.98. The Morgan fingerprint density at radius 2 is 1.76 bits per heavy atom. The highest BCUT2D eigenvalue weighted by Crippen LogP contribution is 2.25. The quantitative estimate of drug-likeness (QED) is 0.532. The number of piperazine rings is 1.